The van der Waals surface area contributed by atoms with Gasteiger partial charge in [-0.05, 0) is 12.1 Å². The molecule has 0 aliphatic heterocycles. The molecule has 0 radical (unpaired) electrons. The van der Waals surface area contributed by atoms with E-state index < -0.39 is 11.9 Å². The van der Waals surface area contributed by atoms with Crippen LogP contribution in [0.1, 0.15) is 32.2 Å². The van der Waals surface area contributed by atoms with E-state index in [1.165, 1.54) is 20.8 Å². The number of hydrogen-bond donors (Lipinski definition) is 1. The minimum atomic E-state index is -0.467. The van der Waals surface area contributed by atoms with Gasteiger partial charge in [0.05, 0.1) is 11.2 Å². The minimum Gasteiger partial charge on any atom is -0.459 e. The van der Waals surface area contributed by atoms with Gasteiger partial charge in [0.1, 0.15) is 30.1 Å². The highest BCUT2D eigenvalue weighted by Crippen LogP contribution is 2.22. The molecule has 1 amide bonds. The number of hydrogen-bond acceptors (Lipinski definition) is 7. The van der Waals surface area contributed by atoms with Crippen LogP contribution in [0, 0.1) is 0 Å². The van der Waals surface area contributed by atoms with Crippen LogP contribution in [0.2, 0.25) is 0 Å². The molecule has 0 unspecified atom stereocenters. The molecule has 0 saturated heterocycles. The minimum absolute atomic E-state index is 0.0841. The van der Waals surface area contributed by atoms with Gasteiger partial charge in [-0.1, -0.05) is 6.07 Å². The number of anilines is 1. The molecular formula is C16H17N3O5. The number of nitrogens with zero attached hydrogens (tertiary/aromatic N) is 2. The van der Waals surface area contributed by atoms with Crippen LogP contribution in [0.3, 0.4) is 0 Å². The summed E-state index contributed by atoms with van der Waals surface area (Å²) in [4.78, 5) is 42.2. The number of fused-ring (bicyclic) bond motifs is 1. The number of carbonyl (C=O) groups is 3. The molecule has 1 heterocycles. The molecule has 1 aromatic heterocycles. The van der Waals surface area contributed by atoms with Crippen molar-refractivity contribution in [2.45, 2.75) is 34.0 Å². The molecular weight excluding hydrogens is 314 g/mol. The zero-order valence-electron chi connectivity index (χ0n) is 13.6. The lowest BCUT2D eigenvalue weighted by molar-refractivity contribution is -0.144. The summed E-state index contributed by atoms with van der Waals surface area (Å²) in [5.41, 5.74) is 2.22. The van der Waals surface area contributed by atoms with Crippen molar-refractivity contribution >= 4 is 34.6 Å². The monoisotopic (exact) mass is 331 g/mol. The number of nitrogens with one attached hydrogen (secondary N) is 1. The van der Waals surface area contributed by atoms with Crippen molar-refractivity contribution in [2.75, 3.05) is 5.32 Å². The molecule has 0 fully saturated rings. The Morgan fingerprint density at radius 1 is 0.958 bits per heavy atom. The largest absolute Gasteiger partial charge is 0.459 e. The predicted octanol–water partition coefficient (Wildman–Crippen LogP) is 1.71. The van der Waals surface area contributed by atoms with E-state index in [1.54, 1.807) is 18.2 Å². The molecule has 8 heteroatoms. The van der Waals surface area contributed by atoms with E-state index in [4.69, 9.17) is 9.47 Å². The molecule has 0 saturated carbocycles. The third kappa shape index (κ3) is 4.48. The molecule has 126 valence electrons. The lowest BCUT2D eigenvalue weighted by Crippen LogP contribution is -2.11. The summed E-state index contributed by atoms with van der Waals surface area (Å²) in [6.07, 6.45) is 0. The van der Waals surface area contributed by atoms with E-state index in [1.807, 2.05) is 0 Å². The maximum Gasteiger partial charge on any atom is 0.303 e. The number of carbonyl (C=O) groups excluding carboxylic acids is 3. The number of ether oxygens (including phenoxy) is 2. The third-order valence-electron chi connectivity index (χ3n) is 2.99. The van der Waals surface area contributed by atoms with Crippen LogP contribution in [0.25, 0.3) is 11.0 Å². The van der Waals surface area contributed by atoms with Gasteiger partial charge < -0.3 is 14.8 Å². The molecule has 0 aliphatic carbocycles. The van der Waals surface area contributed by atoms with E-state index in [-0.39, 0.29) is 19.1 Å². The quantitative estimate of drug-likeness (QED) is 0.831. The van der Waals surface area contributed by atoms with Gasteiger partial charge in [0.25, 0.3) is 0 Å². The van der Waals surface area contributed by atoms with Crippen LogP contribution in [0.5, 0.6) is 0 Å². The molecule has 0 spiro atoms. The van der Waals surface area contributed by atoms with Crippen molar-refractivity contribution in [2.24, 2.45) is 0 Å². The number of aromatic nitrogens is 2. The topological polar surface area (TPSA) is 107 Å². The van der Waals surface area contributed by atoms with Crippen molar-refractivity contribution < 1.29 is 23.9 Å². The van der Waals surface area contributed by atoms with Crippen LogP contribution in [0.4, 0.5) is 5.69 Å². The Labute approximate surface area is 138 Å². The van der Waals surface area contributed by atoms with Crippen LogP contribution < -0.4 is 5.32 Å². The Morgan fingerprint density at radius 3 is 2.08 bits per heavy atom. The Hall–Kier alpha value is -3.03. The predicted molar refractivity (Wildman–Crippen MR) is 84.8 cm³/mol. The second kappa shape index (κ2) is 7.49. The van der Waals surface area contributed by atoms with E-state index in [0.717, 1.165) is 0 Å². The number of amides is 1. The van der Waals surface area contributed by atoms with Gasteiger partial charge in [0.15, 0.2) is 0 Å². The van der Waals surface area contributed by atoms with E-state index in [0.29, 0.717) is 28.1 Å². The Balaban J connectivity index is 2.49. The van der Waals surface area contributed by atoms with Gasteiger partial charge in [-0.15, -0.1) is 0 Å². The highest BCUT2D eigenvalue weighted by molar-refractivity contribution is 5.98. The number of benzene rings is 1. The van der Waals surface area contributed by atoms with Crippen LogP contribution in [0.15, 0.2) is 18.2 Å². The average Bonchev–Trinajstić information content (AvgIpc) is 2.50. The van der Waals surface area contributed by atoms with E-state index >= 15 is 0 Å². The molecule has 24 heavy (non-hydrogen) atoms. The van der Waals surface area contributed by atoms with Crippen molar-refractivity contribution in [3.63, 3.8) is 0 Å². The number of rotatable bonds is 5. The lowest BCUT2D eigenvalue weighted by atomic mass is 10.2. The summed E-state index contributed by atoms with van der Waals surface area (Å²) < 4.78 is 9.94. The lowest BCUT2D eigenvalue weighted by Gasteiger charge is -2.12. The maximum atomic E-state index is 11.3. The first-order chi connectivity index (χ1) is 11.4. The molecule has 0 bridgehead atoms. The van der Waals surface area contributed by atoms with Gasteiger partial charge >= 0.3 is 11.9 Å². The fourth-order valence-corrected chi connectivity index (χ4v) is 2.01. The molecule has 8 nitrogen and oxygen atoms in total. The Bertz CT molecular complexity index is 804. The van der Waals surface area contributed by atoms with Gasteiger partial charge in [-0.2, -0.15) is 0 Å². The van der Waals surface area contributed by atoms with E-state index in [9.17, 15) is 14.4 Å². The van der Waals surface area contributed by atoms with Crippen LogP contribution >= 0.6 is 0 Å². The van der Waals surface area contributed by atoms with Gasteiger partial charge in [-0.25, -0.2) is 9.97 Å². The highest BCUT2D eigenvalue weighted by atomic mass is 16.5. The van der Waals surface area contributed by atoms with Crippen LogP contribution in [-0.4, -0.2) is 27.8 Å². The van der Waals surface area contributed by atoms with Crippen LogP contribution in [-0.2, 0) is 37.1 Å². The molecule has 1 N–H and O–H groups in total. The van der Waals surface area contributed by atoms with Crippen molar-refractivity contribution in [3.05, 3.63) is 29.6 Å². The smallest absolute Gasteiger partial charge is 0.303 e. The molecule has 2 rings (SSSR count). The first kappa shape index (κ1) is 17.3. The zero-order valence-corrected chi connectivity index (χ0v) is 13.6. The SMILES string of the molecule is CC(=O)Nc1cccc2nc(COC(C)=O)c(COC(C)=O)nc12. The Morgan fingerprint density at radius 2 is 1.54 bits per heavy atom. The van der Waals surface area contributed by atoms with E-state index in [2.05, 4.69) is 15.3 Å². The fourth-order valence-electron chi connectivity index (χ4n) is 2.01. The normalized spacial score (nSPS) is 10.3. The highest BCUT2D eigenvalue weighted by Gasteiger charge is 2.14. The van der Waals surface area contributed by atoms with Crippen molar-refractivity contribution in [1.82, 2.24) is 9.97 Å². The average molecular weight is 331 g/mol. The van der Waals surface area contributed by atoms with Crippen molar-refractivity contribution in [3.8, 4) is 0 Å². The summed E-state index contributed by atoms with van der Waals surface area (Å²) in [5, 5.41) is 2.68. The second-order valence-electron chi connectivity index (χ2n) is 5.03. The summed E-state index contributed by atoms with van der Waals surface area (Å²) in [6.45, 7) is 3.77. The number of para-hydroxylation sites is 1. The maximum absolute atomic E-state index is 11.3. The first-order valence-electron chi connectivity index (χ1n) is 7.19. The molecule has 0 aliphatic rings. The fraction of sp³-hybridized carbons (Fsp3) is 0.312. The first-order valence-corrected chi connectivity index (χ1v) is 7.19. The summed E-state index contributed by atoms with van der Waals surface area (Å²) >= 11 is 0. The zero-order chi connectivity index (χ0) is 17.7. The summed E-state index contributed by atoms with van der Waals surface area (Å²) in [5.74, 6) is -1.16. The molecule has 2 aromatic rings. The van der Waals surface area contributed by atoms with Crippen molar-refractivity contribution in [1.29, 1.82) is 0 Å². The third-order valence-corrected chi connectivity index (χ3v) is 2.99. The summed E-state index contributed by atoms with van der Waals surface area (Å²) in [6, 6.07) is 5.14. The number of esters is 2. The van der Waals surface area contributed by atoms with Gasteiger partial charge in [0, 0.05) is 20.8 Å². The molecule has 0 atom stereocenters. The van der Waals surface area contributed by atoms with Gasteiger partial charge in [-0.3, -0.25) is 14.4 Å². The molecule has 1 aromatic carbocycles. The second-order valence-corrected chi connectivity index (χ2v) is 5.03. The Kier molecular flexibility index (Phi) is 5.41. The summed E-state index contributed by atoms with van der Waals surface area (Å²) in [7, 11) is 0. The standard InChI is InChI=1S/C16H17N3O5/c1-9(20)17-12-5-4-6-13-16(12)19-15(8-24-11(3)22)14(18-13)7-23-10(2)21/h4-6H,7-8H2,1-3H3,(H,17,20). The van der Waals surface area contributed by atoms with Gasteiger partial charge in [0.2, 0.25) is 5.91 Å².